The van der Waals surface area contributed by atoms with E-state index in [0.717, 1.165) is 32.1 Å². The van der Waals surface area contributed by atoms with Gasteiger partial charge in [0.2, 0.25) is 18.6 Å². The molecule has 1 saturated heterocycles. The molecule has 3 aliphatic rings. The molecule has 1 N–H and O–H groups in total. The zero-order chi connectivity index (χ0) is 21.8. The van der Waals surface area contributed by atoms with E-state index < -0.39 is 5.54 Å². The van der Waals surface area contributed by atoms with Gasteiger partial charge in [-0.15, -0.1) is 0 Å². The van der Waals surface area contributed by atoms with Gasteiger partial charge in [-0.25, -0.2) is 0 Å². The number of hydrogen-bond donors (Lipinski definition) is 1. The third-order valence-corrected chi connectivity index (χ3v) is 6.86. The van der Waals surface area contributed by atoms with Crippen molar-refractivity contribution in [2.75, 3.05) is 38.8 Å². The number of anilines is 1. The summed E-state index contributed by atoms with van der Waals surface area (Å²) in [5, 5.41) is 12.7. The number of piperidine rings is 1. The second-order valence-corrected chi connectivity index (χ2v) is 8.76. The average Bonchev–Trinajstić information content (AvgIpc) is 3.27. The van der Waals surface area contributed by atoms with Gasteiger partial charge in [-0.3, -0.25) is 14.5 Å². The molecule has 166 valence electrons. The normalized spacial score (nSPS) is 20.6. The highest BCUT2D eigenvalue weighted by Crippen LogP contribution is 2.35. The molecule has 0 unspecified atom stereocenters. The number of amides is 2. The number of nitriles is 1. The van der Waals surface area contributed by atoms with Gasteiger partial charge in [-0.2, -0.15) is 5.26 Å². The second kappa shape index (κ2) is 9.15. The summed E-state index contributed by atoms with van der Waals surface area (Å²) in [5.74, 6) is 1.23. The van der Waals surface area contributed by atoms with E-state index in [2.05, 4.69) is 16.3 Å². The van der Waals surface area contributed by atoms with Crippen molar-refractivity contribution in [3.8, 4) is 17.6 Å². The van der Waals surface area contributed by atoms with E-state index in [9.17, 15) is 14.9 Å². The molecule has 0 radical (unpaired) electrons. The third-order valence-electron chi connectivity index (χ3n) is 6.86. The van der Waals surface area contributed by atoms with Crippen LogP contribution in [-0.4, -0.2) is 60.6 Å². The Bertz CT molecular complexity index is 867. The molecule has 0 aromatic heterocycles. The molecule has 31 heavy (non-hydrogen) atoms. The van der Waals surface area contributed by atoms with Crippen LogP contribution in [0.3, 0.4) is 0 Å². The first-order valence-corrected chi connectivity index (χ1v) is 11.1. The summed E-state index contributed by atoms with van der Waals surface area (Å²) in [4.78, 5) is 29.3. The second-order valence-electron chi connectivity index (χ2n) is 8.76. The highest BCUT2D eigenvalue weighted by Gasteiger charge is 2.39. The number of carbonyl (C=O) groups excluding carboxylic acids is 2. The van der Waals surface area contributed by atoms with Gasteiger partial charge in [0.05, 0.1) is 12.6 Å². The minimum absolute atomic E-state index is 0.00685. The molecule has 0 spiro atoms. The molecule has 1 aliphatic carbocycles. The van der Waals surface area contributed by atoms with Crippen molar-refractivity contribution in [2.45, 2.75) is 50.5 Å². The summed E-state index contributed by atoms with van der Waals surface area (Å²) < 4.78 is 10.7. The van der Waals surface area contributed by atoms with Crippen molar-refractivity contribution in [3.05, 3.63) is 18.2 Å². The monoisotopic (exact) mass is 426 g/mol. The molecule has 4 rings (SSSR count). The van der Waals surface area contributed by atoms with Gasteiger partial charge < -0.3 is 19.7 Å². The Morgan fingerprint density at radius 2 is 1.90 bits per heavy atom. The fourth-order valence-electron chi connectivity index (χ4n) is 4.77. The minimum atomic E-state index is -0.655. The maximum atomic E-state index is 12.9. The number of benzene rings is 1. The molecule has 0 bridgehead atoms. The summed E-state index contributed by atoms with van der Waals surface area (Å²) in [6.45, 7) is 1.89. The van der Waals surface area contributed by atoms with E-state index in [1.807, 2.05) is 6.07 Å². The topological polar surface area (TPSA) is 94.9 Å². The molecule has 2 aliphatic heterocycles. The number of likely N-dealkylation sites (N-methyl/N-ethyl adjacent to an activating group) is 1. The van der Waals surface area contributed by atoms with E-state index in [-0.39, 0.29) is 24.5 Å². The quantitative estimate of drug-likeness (QED) is 0.778. The summed E-state index contributed by atoms with van der Waals surface area (Å²) >= 11 is 0. The smallest absolute Gasteiger partial charge is 0.237 e. The molecule has 1 saturated carbocycles. The van der Waals surface area contributed by atoms with Crippen LogP contribution in [0.5, 0.6) is 11.5 Å². The van der Waals surface area contributed by atoms with Crippen LogP contribution >= 0.6 is 0 Å². The van der Waals surface area contributed by atoms with Crippen LogP contribution in [0.1, 0.15) is 44.9 Å². The number of ether oxygens (including phenoxy) is 2. The van der Waals surface area contributed by atoms with Crippen LogP contribution in [0.15, 0.2) is 18.2 Å². The van der Waals surface area contributed by atoms with Crippen LogP contribution < -0.4 is 14.8 Å². The van der Waals surface area contributed by atoms with Crippen LogP contribution in [0.4, 0.5) is 5.69 Å². The Kier molecular flexibility index (Phi) is 6.33. The summed E-state index contributed by atoms with van der Waals surface area (Å²) in [6, 6.07) is 7.80. The Balaban J connectivity index is 1.26. The zero-order valence-electron chi connectivity index (χ0n) is 18.1. The fourth-order valence-corrected chi connectivity index (χ4v) is 4.77. The van der Waals surface area contributed by atoms with Gasteiger partial charge in [0.15, 0.2) is 11.5 Å². The zero-order valence-corrected chi connectivity index (χ0v) is 18.1. The van der Waals surface area contributed by atoms with Crippen molar-refractivity contribution < 1.29 is 19.1 Å². The molecule has 2 fully saturated rings. The summed E-state index contributed by atoms with van der Waals surface area (Å²) in [7, 11) is 1.77. The predicted molar refractivity (Wildman–Crippen MR) is 115 cm³/mol. The lowest BCUT2D eigenvalue weighted by Crippen LogP contribution is -2.53. The molecular weight excluding hydrogens is 396 g/mol. The molecule has 8 heteroatoms. The number of rotatable bonds is 5. The largest absolute Gasteiger partial charge is 0.454 e. The van der Waals surface area contributed by atoms with Crippen molar-refractivity contribution in [1.82, 2.24) is 9.80 Å². The molecule has 1 aromatic carbocycles. The lowest BCUT2D eigenvalue weighted by Gasteiger charge is -2.40. The number of nitrogens with one attached hydrogen (secondary N) is 1. The lowest BCUT2D eigenvalue weighted by atomic mass is 9.81. The Morgan fingerprint density at radius 3 is 2.61 bits per heavy atom. The van der Waals surface area contributed by atoms with Crippen molar-refractivity contribution >= 4 is 17.5 Å². The predicted octanol–water partition coefficient (Wildman–Crippen LogP) is 2.75. The molecule has 8 nitrogen and oxygen atoms in total. The Labute approximate surface area is 183 Å². The molecular formula is C23H30N4O4. The summed E-state index contributed by atoms with van der Waals surface area (Å²) in [6.07, 6.45) is 6.05. The molecule has 0 atom stereocenters. The highest BCUT2D eigenvalue weighted by molar-refractivity contribution is 5.93. The number of carbonyl (C=O) groups is 2. The van der Waals surface area contributed by atoms with E-state index >= 15 is 0 Å². The van der Waals surface area contributed by atoms with Gasteiger partial charge in [0.1, 0.15) is 5.54 Å². The number of fused-ring (bicyclic) bond motifs is 1. The van der Waals surface area contributed by atoms with Gasteiger partial charge in [0, 0.05) is 24.7 Å². The lowest BCUT2D eigenvalue weighted by molar-refractivity contribution is -0.136. The van der Waals surface area contributed by atoms with Crippen LogP contribution in [0, 0.1) is 17.2 Å². The van der Waals surface area contributed by atoms with Crippen LogP contribution in [0.2, 0.25) is 0 Å². The van der Waals surface area contributed by atoms with Crippen molar-refractivity contribution in [3.63, 3.8) is 0 Å². The standard InChI is InChI=1S/C23H30N4O4/c1-26(23(15-24)9-3-2-4-10-23)21(28)14-27-11-7-17(8-12-27)22(29)25-18-5-6-19-20(13-18)31-16-30-19/h5-6,13,17H,2-4,7-12,14,16H2,1H3,(H,25,29). The van der Waals surface area contributed by atoms with E-state index in [4.69, 9.17) is 9.47 Å². The maximum Gasteiger partial charge on any atom is 0.237 e. The first-order valence-electron chi connectivity index (χ1n) is 11.1. The Hall–Kier alpha value is -2.79. The first kappa shape index (κ1) is 21.4. The minimum Gasteiger partial charge on any atom is -0.454 e. The van der Waals surface area contributed by atoms with Gasteiger partial charge in [-0.05, 0) is 50.9 Å². The van der Waals surface area contributed by atoms with Gasteiger partial charge >= 0.3 is 0 Å². The molecule has 2 heterocycles. The average molecular weight is 427 g/mol. The number of hydrogen-bond acceptors (Lipinski definition) is 6. The first-order chi connectivity index (χ1) is 15.0. The fraction of sp³-hybridized carbons (Fsp3) is 0.609. The molecule has 1 aromatic rings. The third kappa shape index (κ3) is 4.62. The van der Waals surface area contributed by atoms with Crippen molar-refractivity contribution in [2.24, 2.45) is 5.92 Å². The van der Waals surface area contributed by atoms with E-state index in [1.54, 1.807) is 24.1 Å². The highest BCUT2D eigenvalue weighted by atomic mass is 16.7. The number of likely N-dealkylation sites (tertiary alicyclic amines) is 1. The molecule has 2 amide bonds. The Morgan fingerprint density at radius 1 is 1.19 bits per heavy atom. The van der Waals surface area contributed by atoms with E-state index in [1.165, 1.54) is 0 Å². The van der Waals surface area contributed by atoms with E-state index in [0.29, 0.717) is 49.7 Å². The van der Waals surface area contributed by atoms with Crippen molar-refractivity contribution in [1.29, 1.82) is 5.26 Å². The summed E-state index contributed by atoms with van der Waals surface area (Å²) in [5.41, 5.74) is 0.0424. The van der Waals surface area contributed by atoms with Gasteiger partial charge in [0.25, 0.3) is 0 Å². The maximum absolute atomic E-state index is 12.9. The SMILES string of the molecule is CN(C(=O)CN1CCC(C(=O)Nc2ccc3c(c2)OCO3)CC1)C1(C#N)CCCCC1. The van der Waals surface area contributed by atoms with Gasteiger partial charge in [-0.1, -0.05) is 19.3 Å². The number of nitrogens with zero attached hydrogens (tertiary/aromatic N) is 3. The van der Waals surface area contributed by atoms with Crippen LogP contribution in [0.25, 0.3) is 0 Å². The van der Waals surface area contributed by atoms with Crippen LogP contribution in [-0.2, 0) is 9.59 Å².